The molecule has 0 aromatic carbocycles. The lowest BCUT2D eigenvalue weighted by atomic mass is 10.2. The van der Waals surface area contributed by atoms with Crippen molar-refractivity contribution in [3.8, 4) is 6.07 Å². The monoisotopic (exact) mass is 203 g/mol. The second-order valence-electron chi connectivity index (χ2n) is 3.17. The van der Waals surface area contributed by atoms with Gasteiger partial charge in [0.2, 0.25) is 6.41 Å². The molecule has 0 radical (unpaired) electrons. The minimum atomic E-state index is 0.517. The number of nitrogens with zero attached hydrogens (tertiary/aromatic N) is 3. The molecule has 78 valence electrons. The van der Waals surface area contributed by atoms with Crippen LogP contribution in [-0.4, -0.2) is 17.9 Å². The second-order valence-corrected chi connectivity index (χ2v) is 3.17. The van der Waals surface area contributed by atoms with Gasteiger partial charge in [-0.1, -0.05) is 13.3 Å². The zero-order chi connectivity index (χ0) is 11.1. The van der Waals surface area contributed by atoms with E-state index in [0.29, 0.717) is 17.9 Å². The van der Waals surface area contributed by atoms with Crippen LogP contribution < -0.4 is 4.90 Å². The lowest BCUT2D eigenvalue weighted by molar-refractivity contribution is -0.107. The zero-order valence-electron chi connectivity index (χ0n) is 8.68. The third-order valence-electron chi connectivity index (χ3n) is 2.05. The smallest absolute Gasteiger partial charge is 0.215 e. The van der Waals surface area contributed by atoms with E-state index in [9.17, 15) is 4.79 Å². The molecule has 4 nitrogen and oxygen atoms in total. The van der Waals surface area contributed by atoms with Gasteiger partial charge < -0.3 is 0 Å². The Labute approximate surface area is 89.2 Å². The minimum absolute atomic E-state index is 0.517. The van der Waals surface area contributed by atoms with Crippen LogP contribution in [0.5, 0.6) is 0 Å². The van der Waals surface area contributed by atoms with Crippen molar-refractivity contribution in [2.45, 2.75) is 19.8 Å². The Kier molecular flexibility index (Phi) is 4.30. The van der Waals surface area contributed by atoms with Crippen molar-refractivity contribution in [1.29, 1.82) is 5.26 Å². The van der Waals surface area contributed by atoms with Crippen molar-refractivity contribution < 1.29 is 4.79 Å². The van der Waals surface area contributed by atoms with Gasteiger partial charge in [0.15, 0.2) is 0 Å². The maximum absolute atomic E-state index is 10.8. The molecule has 0 unspecified atom stereocenters. The summed E-state index contributed by atoms with van der Waals surface area (Å²) in [5.41, 5.74) is 0.517. The Hall–Kier alpha value is -1.89. The van der Waals surface area contributed by atoms with Crippen LogP contribution in [0.2, 0.25) is 0 Å². The van der Waals surface area contributed by atoms with Gasteiger partial charge in [0.1, 0.15) is 5.82 Å². The van der Waals surface area contributed by atoms with Crippen LogP contribution in [-0.2, 0) is 4.79 Å². The van der Waals surface area contributed by atoms with E-state index in [-0.39, 0.29) is 0 Å². The van der Waals surface area contributed by atoms with Gasteiger partial charge >= 0.3 is 0 Å². The Morgan fingerprint density at radius 3 is 3.07 bits per heavy atom. The molecular weight excluding hydrogens is 190 g/mol. The molecule has 1 aromatic rings. The maximum atomic E-state index is 10.8. The molecule has 0 spiro atoms. The lowest BCUT2D eigenvalue weighted by Gasteiger charge is -2.15. The number of hydrogen-bond acceptors (Lipinski definition) is 3. The van der Waals surface area contributed by atoms with Gasteiger partial charge in [0.25, 0.3) is 0 Å². The van der Waals surface area contributed by atoms with Gasteiger partial charge in [0.05, 0.1) is 11.6 Å². The van der Waals surface area contributed by atoms with Crippen LogP contribution in [0.3, 0.4) is 0 Å². The highest BCUT2D eigenvalue weighted by molar-refractivity contribution is 5.73. The number of aromatic nitrogens is 1. The van der Waals surface area contributed by atoms with Gasteiger partial charge in [-0.2, -0.15) is 5.26 Å². The molecule has 1 amide bonds. The summed E-state index contributed by atoms with van der Waals surface area (Å²) in [5.74, 6) is 0.539. The Bertz CT molecular complexity index is 370. The van der Waals surface area contributed by atoms with Crippen LogP contribution in [0.1, 0.15) is 25.3 Å². The highest BCUT2D eigenvalue weighted by Crippen LogP contribution is 2.11. The van der Waals surface area contributed by atoms with E-state index in [4.69, 9.17) is 5.26 Å². The molecule has 0 atom stereocenters. The van der Waals surface area contributed by atoms with Gasteiger partial charge in [-0.25, -0.2) is 4.98 Å². The molecule has 1 heterocycles. The molecule has 0 saturated heterocycles. The van der Waals surface area contributed by atoms with E-state index in [1.165, 1.54) is 11.1 Å². The first-order chi connectivity index (χ1) is 7.31. The largest absolute Gasteiger partial charge is 0.299 e. The lowest BCUT2D eigenvalue weighted by Crippen LogP contribution is -2.23. The summed E-state index contributed by atoms with van der Waals surface area (Å²) in [5, 5.41) is 8.71. The minimum Gasteiger partial charge on any atom is -0.299 e. The van der Waals surface area contributed by atoms with E-state index in [1.54, 1.807) is 12.1 Å². The molecule has 0 aliphatic heterocycles. The molecule has 1 aromatic heterocycles. The normalized spacial score (nSPS) is 9.33. The van der Waals surface area contributed by atoms with Crippen molar-refractivity contribution in [1.82, 2.24) is 4.98 Å². The van der Waals surface area contributed by atoms with Crippen LogP contribution in [0.15, 0.2) is 18.3 Å². The number of carbonyl (C=O) groups excluding carboxylic acids is 1. The van der Waals surface area contributed by atoms with E-state index < -0.39 is 0 Å². The number of rotatable bonds is 5. The zero-order valence-corrected chi connectivity index (χ0v) is 8.68. The fourth-order valence-corrected chi connectivity index (χ4v) is 1.19. The molecule has 0 saturated carbocycles. The van der Waals surface area contributed by atoms with E-state index in [0.717, 1.165) is 19.3 Å². The van der Waals surface area contributed by atoms with E-state index in [2.05, 4.69) is 11.9 Å². The first-order valence-electron chi connectivity index (χ1n) is 4.90. The third kappa shape index (κ3) is 3.06. The van der Waals surface area contributed by atoms with Crippen molar-refractivity contribution >= 4 is 12.2 Å². The third-order valence-corrected chi connectivity index (χ3v) is 2.05. The molecule has 0 aliphatic carbocycles. The first kappa shape index (κ1) is 11.2. The standard InChI is InChI=1S/C11H13N3O/c1-2-3-6-14(9-15)11-7-10(8-12)4-5-13-11/h4-5,7,9H,2-3,6H2,1H3. The number of hydrogen-bond donors (Lipinski definition) is 0. The van der Waals surface area contributed by atoms with Crippen LogP contribution in [0, 0.1) is 11.3 Å². The number of pyridine rings is 1. The van der Waals surface area contributed by atoms with E-state index in [1.807, 2.05) is 6.07 Å². The summed E-state index contributed by atoms with van der Waals surface area (Å²) in [6.45, 7) is 2.70. The quantitative estimate of drug-likeness (QED) is 0.684. The predicted octanol–water partition coefficient (Wildman–Crippen LogP) is 1.72. The molecule has 0 N–H and O–H groups in total. The van der Waals surface area contributed by atoms with Crippen molar-refractivity contribution in [2.75, 3.05) is 11.4 Å². The van der Waals surface area contributed by atoms with E-state index >= 15 is 0 Å². The number of unbranched alkanes of at least 4 members (excludes halogenated alkanes) is 1. The molecule has 0 fully saturated rings. The molecule has 0 aliphatic rings. The van der Waals surface area contributed by atoms with Gasteiger partial charge in [-0.05, 0) is 18.6 Å². The molecular formula is C11H13N3O. The molecule has 0 bridgehead atoms. The summed E-state index contributed by atoms with van der Waals surface area (Å²) in [6, 6.07) is 5.25. The highest BCUT2D eigenvalue weighted by atomic mass is 16.1. The van der Waals surface area contributed by atoms with Crippen molar-refractivity contribution in [3.05, 3.63) is 23.9 Å². The summed E-state index contributed by atoms with van der Waals surface area (Å²) < 4.78 is 0. The summed E-state index contributed by atoms with van der Waals surface area (Å²) in [7, 11) is 0. The molecule has 15 heavy (non-hydrogen) atoms. The maximum Gasteiger partial charge on any atom is 0.215 e. The Morgan fingerprint density at radius 1 is 1.67 bits per heavy atom. The number of nitriles is 1. The van der Waals surface area contributed by atoms with Crippen molar-refractivity contribution in [2.24, 2.45) is 0 Å². The Morgan fingerprint density at radius 2 is 2.47 bits per heavy atom. The van der Waals surface area contributed by atoms with Crippen LogP contribution in [0.25, 0.3) is 0 Å². The second kappa shape index (κ2) is 5.76. The van der Waals surface area contributed by atoms with Crippen LogP contribution >= 0.6 is 0 Å². The van der Waals surface area contributed by atoms with Crippen molar-refractivity contribution in [3.63, 3.8) is 0 Å². The Balaban J connectivity index is 2.82. The number of amides is 1. The fraction of sp³-hybridized carbons (Fsp3) is 0.364. The fourth-order valence-electron chi connectivity index (χ4n) is 1.19. The van der Waals surface area contributed by atoms with Gasteiger partial charge in [0, 0.05) is 12.7 Å². The average Bonchev–Trinajstić information content (AvgIpc) is 2.30. The first-order valence-corrected chi connectivity index (χ1v) is 4.90. The van der Waals surface area contributed by atoms with Gasteiger partial charge in [-0.3, -0.25) is 9.69 Å². The SMILES string of the molecule is CCCCN(C=O)c1cc(C#N)ccn1. The predicted molar refractivity (Wildman–Crippen MR) is 57.3 cm³/mol. The van der Waals surface area contributed by atoms with Crippen LogP contribution in [0.4, 0.5) is 5.82 Å². The molecule has 4 heteroatoms. The molecule has 1 rings (SSSR count). The van der Waals surface area contributed by atoms with Gasteiger partial charge in [-0.15, -0.1) is 0 Å². The summed E-state index contributed by atoms with van der Waals surface area (Å²) in [4.78, 5) is 16.4. The topological polar surface area (TPSA) is 57.0 Å². The number of carbonyl (C=O) groups is 1. The summed E-state index contributed by atoms with van der Waals surface area (Å²) in [6.07, 6.45) is 4.23. The average molecular weight is 203 g/mol. The number of anilines is 1. The highest BCUT2D eigenvalue weighted by Gasteiger charge is 2.06. The summed E-state index contributed by atoms with van der Waals surface area (Å²) >= 11 is 0.